The molecule has 128 valence electrons. The van der Waals surface area contributed by atoms with E-state index in [-0.39, 0.29) is 0 Å². The van der Waals surface area contributed by atoms with Gasteiger partial charge in [0, 0.05) is 57.0 Å². The van der Waals surface area contributed by atoms with Gasteiger partial charge in [0.15, 0.2) is 0 Å². The van der Waals surface area contributed by atoms with E-state index in [4.69, 9.17) is 0 Å². The summed E-state index contributed by atoms with van der Waals surface area (Å²) < 4.78 is 0. The lowest BCUT2D eigenvalue weighted by Crippen LogP contribution is -2.33. The molecular formula is C18H25N5S. The van der Waals surface area contributed by atoms with Crippen LogP contribution in [0.4, 0.5) is 17.3 Å². The molecule has 1 saturated heterocycles. The summed E-state index contributed by atoms with van der Waals surface area (Å²) in [5.41, 5.74) is 2.56. The van der Waals surface area contributed by atoms with Gasteiger partial charge in [0.05, 0.1) is 0 Å². The number of nitrogens with one attached hydrogen (secondary N) is 1. The van der Waals surface area contributed by atoms with Crippen LogP contribution < -0.4 is 15.1 Å². The highest BCUT2D eigenvalue weighted by molar-refractivity contribution is 7.99. The Bertz CT molecular complexity index is 638. The highest BCUT2D eigenvalue weighted by Crippen LogP contribution is 2.19. The van der Waals surface area contributed by atoms with Crippen molar-refractivity contribution >= 4 is 29.1 Å². The fraction of sp³-hybridized carbons (Fsp3) is 0.444. The molecule has 2 aromatic rings. The predicted octanol–water partition coefficient (Wildman–Crippen LogP) is 2.75. The third-order valence-electron chi connectivity index (χ3n) is 4.16. The quantitative estimate of drug-likeness (QED) is 0.870. The Hall–Kier alpha value is -1.95. The normalized spacial score (nSPS) is 14.5. The molecule has 0 bridgehead atoms. The smallest absolute Gasteiger partial charge is 0.134 e. The summed E-state index contributed by atoms with van der Waals surface area (Å²) in [7, 11) is 4.12. The number of nitrogens with zero attached hydrogens (tertiary/aromatic N) is 4. The van der Waals surface area contributed by atoms with Crippen molar-refractivity contribution in [3.8, 4) is 0 Å². The molecule has 1 aromatic carbocycles. The maximum absolute atomic E-state index is 4.42. The summed E-state index contributed by atoms with van der Waals surface area (Å²) in [6, 6.07) is 10.8. The maximum Gasteiger partial charge on any atom is 0.134 e. The number of aromatic nitrogens is 2. The van der Waals surface area contributed by atoms with Crippen LogP contribution in [0.5, 0.6) is 0 Å². The van der Waals surface area contributed by atoms with Crippen LogP contribution >= 0.6 is 11.8 Å². The lowest BCUT2D eigenvalue weighted by atomic mass is 10.1. The second-order valence-electron chi connectivity index (χ2n) is 6.10. The van der Waals surface area contributed by atoms with Crippen molar-refractivity contribution in [1.82, 2.24) is 9.97 Å². The van der Waals surface area contributed by atoms with E-state index in [9.17, 15) is 0 Å². The first-order valence-electron chi connectivity index (χ1n) is 8.37. The number of benzene rings is 1. The Morgan fingerprint density at radius 2 is 1.88 bits per heavy atom. The molecule has 3 rings (SSSR count). The van der Waals surface area contributed by atoms with Crippen molar-refractivity contribution in [3.05, 3.63) is 42.2 Å². The van der Waals surface area contributed by atoms with Gasteiger partial charge in [0.25, 0.3) is 0 Å². The average molecular weight is 344 g/mol. The molecule has 5 nitrogen and oxygen atoms in total. The van der Waals surface area contributed by atoms with Gasteiger partial charge in [0.1, 0.15) is 18.0 Å². The summed E-state index contributed by atoms with van der Waals surface area (Å²) in [4.78, 5) is 13.2. The summed E-state index contributed by atoms with van der Waals surface area (Å²) in [5, 5.41) is 3.42. The summed E-state index contributed by atoms with van der Waals surface area (Å²) >= 11 is 2.01. The second-order valence-corrected chi connectivity index (χ2v) is 7.32. The number of hydrogen-bond acceptors (Lipinski definition) is 6. The van der Waals surface area contributed by atoms with Crippen LogP contribution in [0.25, 0.3) is 0 Å². The fourth-order valence-electron chi connectivity index (χ4n) is 2.70. The van der Waals surface area contributed by atoms with Gasteiger partial charge >= 0.3 is 0 Å². The fourth-order valence-corrected chi connectivity index (χ4v) is 3.61. The molecule has 2 heterocycles. The SMILES string of the molecule is CN(C)c1ccc(CCNc2cc(N3CCSCC3)ncn2)cc1. The number of thioether (sulfide) groups is 1. The Labute approximate surface area is 148 Å². The molecule has 0 saturated carbocycles. The topological polar surface area (TPSA) is 44.3 Å². The Morgan fingerprint density at radius 1 is 1.12 bits per heavy atom. The van der Waals surface area contributed by atoms with E-state index in [1.165, 1.54) is 22.8 Å². The van der Waals surface area contributed by atoms with Crippen LogP contribution in [-0.2, 0) is 6.42 Å². The maximum atomic E-state index is 4.42. The van der Waals surface area contributed by atoms with Crippen LogP contribution in [0.15, 0.2) is 36.7 Å². The third kappa shape index (κ3) is 4.54. The van der Waals surface area contributed by atoms with Gasteiger partial charge in [-0.3, -0.25) is 0 Å². The molecule has 0 radical (unpaired) electrons. The van der Waals surface area contributed by atoms with Crippen LogP contribution in [0.3, 0.4) is 0 Å². The highest BCUT2D eigenvalue weighted by atomic mass is 32.2. The first-order valence-corrected chi connectivity index (χ1v) is 9.53. The van der Waals surface area contributed by atoms with Crippen molar-refractivity contribution in [3.63, 3.8) is 0 Å². The summed E-state index contributed by atoms with van der Waals surface area (Å²) in [5.74, 6) is 4.29. The van der Waals surface area contributed by atoms with Crippen molar-refractivity contribution in [2.45, 2.75) is 6.42 Å². The molecule has 0 atom stereocenters. The molecule has 6 heteroatoms. The summed E-state index contributed by atoms with van der Waals surface area (Å²) in [6.07, 6.45) is 2.64. The molecule has 0 spiro atoms. The zero-order chi connectivity index (χ0) is 16.8. The molecule has 0 amide bonds. The predicted molar refractivity (Wildman–Crippen MR) is 105 cm³/mol. The molecule has 1 aromatic heterocycles. The minimum atomic E-state index is 0.869. The van der Waals surface area contributed by atoms with Crippen LogP contribution in [0, 0.1) is 0 Å². The van der Waals surface area contributed by atoms with Crippen LogP contribution in [0.2, 0.25) is 0 Å². The van der Waals surface area contributed by atoms with E-state index < -0.39 is 0 Å². The molecule has 24 heavy (non-hydrogen) atoms. The molecule has 0 aliphatic carbocycles. The summed E-state index contributed by atoms with van der Waals surface area (Å²) in [6.45, 7) is 3.01. The van der Waals surface area contributed by atoms with Crippen molar-refractivity contribution in [2.24, 2.45) is 0 Å². The monoisotopic (exact) mass is 343 g/mol. The van der Waals surface area contributed by atoms with E-state index in [1.54, 1.807) is 6.33 Å². The van der Waals surface area contributed by atoms with E-state index in [0.29, 0.717) is 0 Å². The largest absolute Gasteiger partial charge is 0.378 e. The first kappa shape index (κ1) is 16.9. The van der Waals surface area contributed by atoms with E-state index >= 15 is 0 Å². The first-order chi connectivity index (χ1) is 11.7. The molecule has 1 N–H and O–H groups in total. The number of hydrogen-bond donors (Lipinski definition) is 1. The number of anilines is 3. The van der Waals surface area contributed by atoms with Crippen molar-refractivity contribution < 1.29 is 0 Å². The van der Waals surface area contributed by atoms with Gasteiger partial charge in [-0.05, 0) is 24.1 Å². The minimum absolute atomic E-state index is 0.869. The molecule has 0 unspecified atom stereocenters. The zero-order valence-corrected chi connectivity index (χ0v) is 15.2. The standard InChI is InChI=1S/C18H25N5S/c1-22(2)16-5-3-15(4-6-16)7-8-19-17-13-18(21-14-20-17)23-9-11-24-12-10-23/h3-6,13-14H,7-12H2,1-2H3,(H,19,20,21). The number of rotatable bonds is 6. The van der Waals surface area contributed by atoms with Gasteiger partial charge in [-0.25, -0.2) is 9.97 Å². The van der Waals surface area contributed by atoms with Crippen molar-refractivity contribution in [1.29, 1.82) is 0 Å². The van der Waals surface area contributed by atoms with Crippen LogP contribution in [0.1, 0.15) is 5.56 Å². The van der Waals surface area contributed by atoms with Gasteiger partial charge in [-0.1, -0.05) is 12.1 Å². The van der Waals surface area contributed by atoms with Crippen LogP contribution in [-0.4, -0.2) is 55.2 Å². The van der Waals surface area contributed by atoms with E-state index in [0.717, 1.165) is 37.7 Å². The Kier molecular flexibility index (Phi) is 5.80. The van der Waals surface area contributed by atoms with Gasteiger partial charge in [-0.2, -0.15) is 11.8 Å². The highest BCUT2D eigenvalue weighted by Gasteiger charge is 2.12. The molecular weight excluding hydrogens is 318 g/mol. The third-order valence-corrected chi connectivity index (χ3v) is 5.10. The van der Waals surface area contributed by atoms with Gasteiger partial charge < -0.3 is 15.1 Å². The molecule has 1 aliphatic rings. The Balaban J connectivity index is 1.52. The van der Waals surface area contributed by atoms with Gasteiger partial charge in [0.2, 0.25) is 0 Å². The minimum Gasteiger partial charge on any atom is -0.378 e. The second kappa shape index (κ2) is 8.24. The van der Waals surface area contributed by atoms with Crippen molar-refractivity contribution in [2.75, 3.05) is 60.4 Å². The lowest BCUT2D eigenvalue weighted by molar-refractivity contribution is 0.834. The average Bonchev–Trinajstić information content (AvgIpc) is 2.63. The van der Waals surface area contributed by atoms with Gasteiger partial charge in [-0.15, -0.1) is 0 Å². The molecule has 1 fully saturated rings. The molecule has 1 aliphatic heterocycles. The lowest BCUT2D eigenvalue weighted by Gasteiger charge is -2.27. The zero-order valence-electron chi connectivity index (χ0n) is 14.4. The van der Waals surface area contributed by atoms with E-state index in [1.807, 2.05) is 11.8 Å². The van der Waals surface area contributed by atoms with E-state index in [2.05, 4.69) is 69.5 Å². The Morgan fingerprint density at radius 3 is 2.58 bits per heavy atom.